The molecule has 0 fully saturated rings. The number of nitrogens with one attached hydrogen (secondary N) is 1. The minimum absolute atomic E-state index is 0.0328. The molecule has 0 aliphatic rings. The summed E-state index contributed by atoms with van der Waals surface area (Å²) in [7, 11) is 0. The second kappa shape index (κ2) is 6.35. The molecule has 19 heavy (non-hydrogen) atoms. The van der Waals surface area contributed by atoms with Crippen LogP contribution in [-0.4, -0.2) is 0 Å². The highest BCUT2D eigenvalue weighted by molar-refractivity contribution is 9.10. The van der Waals surface area contributed by atoms with Crippen molar-refractivity contribution in [3.63, 3.8) is 0 Å². The van der Waals surface area contributed by atoms with Crippen LogP contribution in [0.3, 0.4) is 0 Å². The molecule has 0 radical (unpaired) electrons. The number of rotatable bonds is 4. The summed E-state index contributed by atoms with van der Waals surface area (Å²) in [6.07, 6.45) is -2.43. The summed E-state index contributed by atoms with van der Waals surface area (Å²) < 4.78 is 25.7. The van der Waals surface area contributed by atoms with E-state index in [1.807, 2.05) is 12.1 Å². The van der Waals surface area contributed by atoms with Crippen LogP contribution < -0.4 is 5.32 Å². The van der Waals surface area contributed by atoms with Crippen LogP contribution in [0, 0.1) is 0 Å². The van der Waals surface area contributed by atoms with E-state index in [4.69, 9.17) is 11.6 Å². The SMILES string of the molecule is FC(F)c1ccc(CNc2ccc(Br)cc2Cl)cc1. The standard InChI is InChI=1S/C14H11BrClF2N/c15-11-5-6-13(12(16)7-11)19-8-9-1-3-10(4-2-9)14(17)18/h1-7,14,19H,8H2. The van der Waals surface area contributed by atoms with E-state index < -0.39 is 6.43 Å². The van der Waals surface area contributed by atoms with Crippen LogP contribution in [0.2, 0.25) is 5.02 Å². The van der Waals surface area contributed by atoms with Crippen molar-refractivity contribution < 1.29 is 8.78 Å². The van der Waals surface area contributed by atoms with Crippen LogP contribution in [0.1, 0.15) is 17.6 Å². The third-order valence-electron chi connectivity index (χ3n) is 2.65. The second-order valence-electron chi connectivity index (χ2n) is 4.02. The second-order valence-corrected chi connectivity index (χ2v) is 5.34. The molecule has 1 nitrogen and oxygen atoms in total. The first-order valence-corrected chi connectivity index (χ1v) is 6.79. The maximum absolute atomic E-state index is 12.4. The fourth-order valence-corrected chi connectivity index (χ4v) is 2.35. The molecule has 0 saturated heterocycles. The van der Waals surface area contributed by atoms with Gasteiger partial charge in [-0.15, -0.1) is 0 Å². The fourth-order valence-electron chi connectivity index (χ4n) is 1.61. The maximum atomic E-state index is 12.4. The average molecular weight is 347 g/mol. The topological polar surface area (TPSA) is 12.0 Å². The van der Waals surface area contributed by atoms with Gasteiger partial charge in [0, 0.05) is 16.6 Å². The van der Waals surface area contributed by atoms with Gasteiger partial charge in [-0.25, -0.2) is 8.78 Å². The highest BCUT2D eigenvalue weighted by Crippen LogP contribution is 2.26. The van der Waals surface area contributed by atoms with Crippen molar-refractivity contribution in [2.45, 2.75) is 13.0 Å². The Morgan fingerprint density at radius 3 is 2.37 bits per heavy atom. The first-order valence-electron chi connectivity index (χ1n) is 5.62. The van der Waals surface area contributed by atoms with Crippen molar-refractivity contribution >= 4 is 33.2 Å². The van der Waals surface area contributed by atoms with Gasteiger partial charge in [-0.05, 0) is 23.8 Å². The van der Waals surface area contributed by atoms with Gasteiger partial charge >= 0.3 is 0 Å². The van der Waals surface area contributed by atoms with Crippen LogP contribution in [0.15, 0.2) is 46.9 Å². The van der Waals surface area contributed by atoms with Crippen LogP contribution in [-0.2, 0) is 6.54 Å². The molecule has 0 heterocycles. The van der Waals surface area contributed by atoms with Crippen LogP contribution in [0.4, 0.5) is 14.5 Å². The van der Waals surface area contributed by atoms with E-state index >= 15 is 0 Å². The lowest BCUT2D eigenvalue weighted by molar-refractivity contribution is 0.151. The molecular formula is C14H11BrClF2N. The smallest absolute Gasteiger partial charge is 0.263 e. The van der Waals surface area contributed by atoms with Crippen molar-refractivity contribution in [3.8, 4) is 0 Å². The Hall–Kier alpha value is -1.13. The number of hydrogen-bond donors (Lipinski definition) is 1. The van der Waals surface area contributed by atoms with Crippen molar-refractivity contribution in [3.05, 3.63) is 63.1 Å². The highest BCUT2D eigenvalue weighted by atomic mass is 79.9. The van der Waals surface area contributed by atoms with E-state index in [9.17, 15) is 8.78 Å². The third kappa shape index (κ3) is 3.91. The summed E-state index contributed by atoms with van der Waals surface area (Å²) in [5.41, 5.74) is 1.76. The normalized spacial score (nSPS) is 10.8. The zero-order chi connectivity index (χ0) is 13.8. The van der Waals surface area contributed by atoms with E-state index in [1.54, 1.807) is 18.2 Å². The third-order valence-corrected chi connectivity index (χ3v) is 3.45. The Balaban J connectivity index is 2.02. The molecule has 0 aromatic heterocycles. The Morgan fingerprint density at radius 1 is 1.11 bits per heavy atom. The number of halogens is 4. The Bertz CT molecular complexity index is 558. The maximum Gasteiger partial charge on any atom is 0.263 e. The molecule has 0 aliphatic carbocycles. The Labute approximate surface area is 123 Å². The Kier molecular flexibility index (Phi) is 4.77. The zero-order valence-electron chi connectivity index (χ0n) is 9.84. The van der Waals surface area contributed by atoms with E-state index in [2.05, 4.69) is 21.2 Å². The molecule has 2 aromatic rings. The molecule has 0 bridgehead atoms. The molecule has 0 atom stereocenters. The molecule has 0 aliphatic heterocycles. The van der Waals surface area contributed by atoms with Gasteiger partial charge in [-0.2, -0.15) is 0 Å². The summed E-state index contributed by atoms with van der Waals surface area (Å²) >= 11 is 9.40. The highest BCUT2D eigenvalue weighted by Gasteiger charge is 2.06. The first kappa shape index (κ1) is 14.3. The van der Waals surface area contributed by atoms with Crippen molar-refractivity contribution in [1.29, 1.82) is 0 Å². The van der Waals surface area contributed by atoms with Gasteiger partial charge in [0.05, 0.1) is 10.7 Å². The summed E-state index contributed by atoms with van der Waals surface area (Å²) in [5.74, 6) is 0. The monoisotopic (exact) mass is 345 g/mol. The molecule has 100 valence electrons. The molecular weight excluding hydrogens is 336 g/mol. The van der Waals surface area contributed by atoms with E-state index in [-0.39, 0.29) is 5.56 Å². The van der Waals surface area contributed by atoms with Gasteiger partial charge in [-0.3, -0.25) is 0 Å². The van der Waals surface area contributed by atoms with Gasteiger partial charge < -0.3 is 5.32 Å². The van der Waals surface area contributed by atoms with E-state index in [1.165, 1.54) is 12.1 Å². The lowest BCUT2D eigenvalue weighted by Crippen LogP contribution is -2.00. The molecule has 0 amide bonds. The van der Waals surface area contributed by atoms with Gasteiger partial charge in [0.1, 0.15) is 0 Å². The number of benzene rings is 2. The molecule has 0 spiro atoms. The lowest BCUT2D eigenvalue weighted by Gasteiger charge is -2.09. The van der Waals surface area contributed by atoms with Gasteiger partial charge in [-0.1, -0.05) is 51.8 Å². The van der Waals surface area contributed by atoms with Crippen molar-refractivity contribution in [1.82, 2.24) is 0 Å². The van der Waals surface area contributed by atoms with E-state index in [0.29, 0.717) is 11.6 Å². The summed E-state index contributed by atoms with van der Waals surface area (Å²) in [4.78, 5) is 0. The molecule has 5 heteroatoms. The largest absolute Gasteiger partial charge is 0.380 e. The molecule has 2 aromatic carbocycles. The minimum atomic E-state index is -2.43. The predicted molar refractivity (Wildman–Crippen MR) is 77.9 cm³/mol. The predicted octanol–water partition coefficient (Wildman–Crippen LogP) is 5.65. The summed E-state index contributed by atoms with van der Waals surface area (Å²) in [6.45, 7) is 0.533. The quantitative estimate of drug-likeness (QED) is 0.754. The molecule has 0 unspecified atom stereocenters. The number of alkyl halides is 2. The summed E-state index contributed by atoms with van der Waals surface area (Å²) in [5, 5.41) is 3.77. The summed E-state index contributed by atoms with van der Waals surface area (Å²) in [6, 6.07) is 11.8. The number of hydrogen-bond acceptors (Lipinski definition) is 1. The fraction of sp³-hybridized carbons (Fsp3) is 0.143. The van der Waals surface area contributed by atoms with E-state index in [0.717, 1.165) is 15.7 Å². The molecule has 2 rings (SSSR count). The van der Waals surface area contributed by atoms with Crippen molar-refractivity contribution in [2.75, 3.05) is 5.32 Å². The molecule has 1 N–H and O–H groups in total. The number of anilines is 1. The van der Waals surface area contributed by atoms with Crippen LogP contribution in [0.25, 0.3) is 0 Å². The average Bonchev–Trinajstić information content (AvgIpc) is 2.38. The molecule has 0 saturated carbocycles. The lowest BCUT2D eigenvalue weighted by atomic mass is 10.1. The van der Waals surface area contributed by atoms with Crippen LogP contribution >= 0.6 is 27.5 Å². The van der Waals surface area contributed by atoms with Gasteiger partial charge in [0.25, 0.3) is 6.43 Å². The van der Waals surface area contributed by atoms with Crippen LogP contribution in [0.5, 0.6) is 0 Å². The van der Waals surface area contributed by atoms with Gasteiger partial charge in [0.15, 0.2) is 0 Å². The first-order chi connectivity index (χ1) is 9.06. The van der Waals surface area contributed by atoms with Gasteiger partial charge in [0.2, 0.25) is 0 Å². The minimum Gasteiger partial charge on any atom is -0.380 e. The van der Waals surface area contributed by atoms with Crippen molar-refractivity contribution in [2.24, 2.45) is 0 Å². The zero-order valence-corrected chi connectivity index (χ0v) is 12.2. The Morgan fingerprint density at radius 2 is 1.79 bits per heavy atom.